The van der Waals surface area contributed by atoms with Crippen LogP contribution in [-0.2, 0) is 4.79 Å². The summed E-state index contributed by atoms with van der Waals surface area (Å²) in [6, 6.07) is 22.0. The first-order valence-corrected chi connectivity index (χ1v) is 11.2. The topological polar surface area (TPSA) is 54.9 Å². The second kappa shape index (κ2) is 8.90. The summed E-state index contributed by atoms with van der Waals surface area (Å²) in [5.74, 6) is 0.635. The average Bonchev–Trinajstić information content (AvgIpc) is 2.77. The molecule has 0 saturated carbocycles. The molecule has 0 fully saturated rings. The molecule has 1 N–H and O–H groups in total. The van der Waals surface area contributed by atoms with E-state index in [9.17, 15) is 4.79 Å². The number of amides is 1. The molecule has 0 radical (unpaired) electrons. The van der Waals surface area contributed by atoms with Gasteiger partial charge in [0.05, 0.1) is 10.8 Å². The number of rotatable bonds is 5. The van der Waals surface area contributed by atoms with E-state index >= 15 is 0 Å². The van der Waals surface area contributed by atoms with Crippen molar-refractivity contribution in [2.45, 2.75) is 38.0 Å². The number of anilines is 1. The molecule has 0 aliphatic carbocycles. The maximum atomic E-state index is 13.0. The largest absolute Gasteiger partial charge is 0.325 e. The highest BCUT2D eigenvalue weighted by Crippen LogP contribution is 2.33. The van der Waals surface area contributed by atoms with Crippen molar-refractivity contribution in [3.8, 4) is 11.4 Å². The van der Waals surface area contributed by atoms with Gasteiger partial charge in [0.25, 0.3) is 0 Å². The molecule has 0 spiro atoms. The Morgan fingerprint density at radius 1 is 0.839 bits per heavy atom. The van der Waals surface area contributed by atoms with E-state index in [0.29, 0.717) is 5.82 Å². The Bertz CT molecular complexity index is 1230. The molecule has 1 amide bonds. The number of nitrogens with one attached hydrogen (secondary N) is 1. The van der Waals surface area contributed by atoms with Crippen LogP contribution in [0.15, 0.2) is 71.8 Å². The fourth-order valence-corrected chi connectivity index (χ4v) is 4.46. The lowest BCUT2D eigenvalue weighted by Crippen LogP contribution is -2.23. The molecule has 4 rings (SSSR count). The lowest BCUT2D eigenvalue weighted by Gasteiger charge is -2.16. The number of para-hydroxylation sites is 2. The van der Waals surface area contributed by atoms with Crippen molar-refractivity contribution >= 4 is 34.3 Å². The second-order valence-electron chi connectivity index (χ2n) is 7.71. The van der Waals surface area contributed by atoms with Gasteiger partial charge in [-0.1, -0.05) is 78.5 Å². The number of nitrogens with zero attached hydrogens (tertiary/aromatic N) is 2. The Labute approximate surface area is 187 Å². The predicted octanol–water partition coefficient (Wildman–Crippen LogP) is 6.34. The summed E-state index contributed by atoms with van der Waals surface area (Å²) < 4.78 is 0. The van der Waals surface area contributed by atoms with Crippen molar-refractivity contribution in [3.05, 3.63) is 83.4 Å². The summed E-state index contributed by atoms with van der Waals surface area (Å²) in [5.41, 5.74) is 5.96. The molecule has 3 aromatic carbocycles. The Morgan fingerprint density at radius 2 is 1.48 bits per heavy atom. The van der Waals surface area contributed by atoms with Gasteiger partial charge in [-0.05, 0) is 44.4 Å². The minimum absolute atomic E-state index is 0.0388. The molecule has 1 aromatic heterocycles. The van der Waals surface area contributed by atoms with Crippen LogP contribution in [0.1, 0.15) is 23.6 Å². The number of aryl methyl sites for hydroxylation is 3. The van der Waals surface area contributed by atoms with E-state index in [1.807, 2.05) is 81.4 Å². The minimum Gasteiger partial charge on any atom is -0.325 e. The summed E-state index contributed by atoms with van der Waals surface area (Å²) in [4.78, 5) is 22.7. The summed E-state index contributed by atoms with van der Waals surface area (Å²) in [5, 5.41) is 4.57. The molecule has 4 aromatic rings. The molecule has 0 bridgehead atoms. The predicted molar refractivity (Wildman–Crippen MR) is 130 cm³/mol. The van der Waals surface area contributed by atoms with E-state index in [2.05, 4.69) is 18.3 Å². The van der Waals surface area contributed by atoms with E-state index in [0.717, 1.165) is 43.9 Å². The molecule has 156 valence electrons. The Hall–Kier alpha value is -3.18. The molecule has 0 saturated heterocycles. The Kier molecular flexibility index (Phi) is 6.05. The monoisotopic (exact) mass is 427 g/mol. The third-order valence-corrected chi connectivity index (χ3v) is 6.41. The SMILES string of the molecule is Cc1cccc(C)c1NC(=O)[C@@H](C)Sc1nc(-c2ccccc2)nc2c(C)cccc12. The number of hydrogen-bond acceptors (Lipinski definition) is 4. The lowest BCUT2D eigenvalue weighted by atomic mass is 10.1. The van der Waals surface area contributed by atoms with Gasteiger partial charge < -0.3 is 5.32 Å². The van der Waals surface area contributed by atoms with E-state index < -0.39 is 0 Å². The fourth-order valence-electron chi connectivity index (χ4n) is 3.53. The number of benzene rings is 3. The molecule has 4 nitrogen and oxygen atoms in total. The molecular weight excluding hydrogens is 402 g/mol. The maximum absolute atomic E-state index is 13.0. The van der Waals surface area contributed by atoms with Gasteiger partial charge in [-0.15, -0.1) is 0 Å². The van der Waals surface area contributed by atoms with Gasteiger partial charge in [0.15, 0.2) is 5.82 Å². The van der Waals surface area contributed by atoms with Crippen LogP contribution in [0.4, 0.5) is 5.69 Å². The molecule has 5 heteroatoms. The number of thioether (sulfide) groups is 1. The van der Waals surface area contributed by atoms with Crippen LogP contribution in [0.25, 0.3) is 22.3 Å². The van der Waals surface area contributed by atoms with Crippen LogP contribution in [0.5, 0.6) is 0 Å². The lowest BCUT2D eigenvalue weighted by molar-refractivity contribution is -0.115. The molecule has 0 aliphatic heterocycles. The van der Waals surface area contributed by atoms with Crippen LogP contribution in [-0.4, -0.2) is 21.1 Å². The van der Waals surface area contributed by atoms with Gasteiger partial charge in [-0.25, -0.2) is 9.97 Å². The van der Waals surface area contributed by atoms with E-state index in [1.54, 1.807) is 0 Å². The van der Waals surface area contributed by atoms with Gasteiger partial charge in [0, 0.05) is 16.6 Å². The molecule has 1 atom stereocenters. The first-order valence-electron chi connectivity index (χ1n) is 10.3. The van der Waals surface area contributed by atoms with Gasteiger partial charge in [-0.2, -0.15) is 0 Å². The first kappa shape index (κ1) is 21.1. The summed E-state index contributed by atoms with van der Waals surface area (Å²) in [6.45, 7) is 7.98. The zero-order chi connectivity index (χ0) is 22.0. The normalized spacial score (nSPS) is 12.0. The van der Waals surface area contributed by atoms with Crippen LogP contribution in [0.2, 0.25) is 0 Å². The van der Waals surface area contributed by atoms with Crippen molar-refractivity contribution in [3.63, 3.8) is 0 Å². The second-order valence-corrected chi connectivity index (χ2v) is 9.04. The van der Waals surface area contributed by atoms with Crippen molar-refractivity contribution in [1.82, 2.24) is 9.97 Å². The first-order chi connectivity index (χ1) is 14.9. The number of hydrogen-bond donors (Lipinski definition) is 1. The van der Waals surface area contributed by atoms with E-state index in [-0.39, 0.29) is 11.2 Å². The average molecular weight is 428 g/mol. The number of fused-ring (bicyclic) bond motifs is 1. The van der Waals surface area contributed by atoms with Crippen molar-refractivity contribution in [1.29, 1.82) is 0 Å². The van der Waals surface area contributed by atoms with Crippen LogP contribution in [0, 0.1) is 20.8 Å². The molecule has 0 aliphatic rings. The number of carbonyl (C=O) groups excluding carboxylic acids is 1. The zero-order valence-electron chi connectivity index (χ0n) is 18.1. The standard InChI is InChI=1S/C26H25N3OS/c1-16-10-8-11-17(2)22(16)28-25(30)19(4)31-26-21-15-9-12-18(3)23(21)27-24(29-26)20-13-6-5-7-14-20/h5-15,19H,1-4H3,(H,28,30)/t19-/m1/s1. The quantitative estimate of drug-likeness (QED) is 0.298. The van der Waals surface area contributed by atoms with Crippen LogP contribution >= 0.6 is 11.8 Å². The Balaban J connectivity index is 1.68. The summed E-state index contributed by atoms with van der Waals surface area (Å²) in [6.07, 6.45) is 0. The third-order valence-electron chi connectivity index (χ3n) is 5.31. The third kappa shape index (κ3) is 4.47. The van der Waals surface area contributed by atoms with Gasteiger partial charge >= 0.3 is 0 Å². The van der Waals surface area contributed by atoms with Gasteiger partial charge in [0.1, 0.15) is 5.03 Å². The molecule has 0 unspecified atom stereocenters. The summed E-state index contributed by atoms with van der Waals surface area (Å²) in [7, 11) is 0. The highest BCUT2D eigenvalue weighted by Gasteiger charge is 2.20. The van der Waals surface area contributed by atoms with Crippen molar-refractivity contribution in [2.75, 3.05) is 5.32 Å². The number of aromatic nitrogens is 2. The highest BCUT2D eigenvalue weighted by atomic mass is 32.2. The van der Waals surface area contributed by atoms with Crippen LogP contribution < -0.4 is 5.32 Å². The van der Waals surface area contributed by atoms with E-state index in [1.165, 1.54) is 11.8 Å². The zero-order valence-corrected chi connectivity index (χ0v) is 19.0. The van der Waals surface area contributed by atoms with Gasteiger partial charge in [-0.3, -0.25) is 4.79 Å². The Morgan fingerprint density at radius 3 is 2.19 bits per heavy atom. The smallest absolute Gasteiger partial charge is 0.237 e. The van der Waals surface area contributed by atoms with Crippen molar-refractivity contribution in [2.24, 2.45) is 0 Å². The molecule has 1 heterocycles. The van der Waals surface area contributed by atoms with Crippen LogP contribution in [0.3, 0.4) is 0 Å². The van der Waals surface area contributed by atoms with Gasteiger partial charge in [0.2, 0.25) is 5.91 Å². The maximum Gasteiger partial charge on any atom is 0.237 e. The molecular formula is C26H25N3OS. The molecule has 31 heavy (non-hydrogen) atoms. The highest BCUT2D eigenvalue weighted by molar-refractivity contribution is 8.00. The minimum atomic E-state index is -0.318. The summed E-state index contributed by atoms with van der Waals surface area (Å²) >= 11 is 1.47. The van der Waals surface area contributed by atoms with Crippen molar-refractivity contribution < 1.29 is 4.79 Å². The fraction of sp³-hybridized carbons (Fsp3) is 0.192. The number of carbonyl (C=O) groups is 1. The van der Waals surface area contributed by atoms with E-state index in [4.69, 9.17) is 9.97 Å².